The van der Waals surface area contributed by atoms with Gasteiger partial charge in [-0.25, -0.2) is 4.79 Å². The molecule has 0 fully saturated rings. The van der Waals surface area contributed by atoms with Gasteiger partial charge in [0.15, 0.2) is 5.58 Å². The number of aromatic nitrogens is 1. The zero-order valence-electron chi connectivity index (χ0n) is 15.4. The van der Waals surface area contributed by atoms with Crippen molar-refractivity contribution in [1.82, 2.24) is 15.4 Å². The normalized spacial score (nSPS) is 10.6. The molecule has 3 aromatic rings. The number of nitrogens with one attached hydrogen (secondary N) is 2. The van der Waals surface area contributed by atoms with Gasteiger partial charge in [0.2, 0.25) is 11.8 Å². The molecular weight excluding hydrogens is 362 g/mol. The van der Waals surface area contributed by atoms with Crippen LogP contribution in [0.5, 0.6) is 5.75 Å². The standard InChI is InChI=1S/C20H21N3O5/c1-27-15-10-8-14(9-11-15)13-19(25)22-21-18(24)7-4-12-23-16-5-2-3-6-17(16)28-20(23)26/h2-3,5-6,8-11H,4,7,12-13H2,1H3,(H,21,24)(H,22,25). The summed E-state index contributed by atoms with van der Waals surface area (Å²) in [5.74, 6) is -0.393. The van der Waals surface area contributed by atoms with Gasteiger partial charge in [0.25, 0.3) is 0 Å². The van der Waals surface area contributed by atoms with Crippen molar-refractivity contribution in [3.8, 4) is 5.75 Å². The van der Waals surface area contributed by atoms with Crippen LogP contribution in [0.3, 0.4) is 0 Å². The van der Waals surface area contributed by atoms with Crippen molar-refractivity contribution in [2.75, 3.05) is 7.11 Å². The lowest BCUT2D eigenvalue weighted by Gasteiger charge is -2.08. The van der Waals surface area contributed by atoms with Crippen LogP contribution in [0.4, 0.5) is 0 Å². The van der Waals surface area contributed by atoms with Crippen LogP contribution in [0.25, 0.3) is 11.1 Å². The first-order chi connectivity index (χ1) is 13.6. The Morgan fingerprint density at radius 3 is 2.50 bits per heavy atom. The molecular formula is C20H21N3O5. The van der Waals surface area contributed by atoms with Crippen LogP contribution in [0.2, 0.25) is 0 Å². The molecule has 8 nitrogen and oxygen atoms in total. The fourth-order valence-corrected chi connectivity index (χ4v) is 2.80. The van der Waals surface area contributed by atoms with Gasteiger partial charge < -0.3 is 9.15 Å². The molecule has 0 aliphatic carbocycles. The summed E-state index contributed by atoms with van der Waals surface area (Å²) in [7, 11) is 1.57. The highest BCUT2D eigenvalue weighted by Gasteiger charge is 2.10. The third-order valence-corrected chi connectivity index (χ3v) is 4.22. The number of carbonyl (C=O) groups excluding carboxylic acids is 2. The second kappa shape index (κ2) is 8.90. The minimum Gasteiger partial charge on any atom is -0.497 e. The van der Waals surface area contributed by atoms with Gasteiger partial charge in [-0.3, -0.25) is 25.0 Å². The van der Waals surface area contributed by atoms with Crippen molar-refractivity contribution in [3.63, 3.8) is 0 Å². The minimum absolute atomic E-state index is 0.140. The predicted octanol–water partition coefficient (Wildman–Crippen LogP) is 1.77. The number of carbonyl (C=O) groups is 2. The Kier molecular flexibility index (Phi) is 6.11. The van der Waals surface area contributed by atoms with Crippen LogP contribution in [0.1, 0.15) is 18.4 Å². The summed E-state index contributed by atoms with van der Waals surface area (Å²) in [6, 6.07) is 14.2. The molecule has 0 unspecified atom stereocenters. The topological polar surface area (TPSA) is 103 Å². The molecule has 3 rings (SSSR count). The first-order valence-corrected chi connectivity index (χ1v) is 8.86. The predicted molar refractivity (Wildman–Crippen MR) is 103 cm³/mol. The molecule has 0 atom stereocenters. The number of para-hydroxylation sites is 2. The maximum absolute atomic E-state index is 11.9. The van der Waals surface area contributed by atoms with E-state index in [4.69, 9.17) is 9.15 Å². The third-order valence-electron chi connectivity index (χ3n) is 4.22. The van der Waals surface area contributed by atoms with Crippen LogP contribution >= 0.6 is 0 Å². The number of aryl methyl sites for hydroxylation is 1. The maximum Gasteiger partial charge on any atom is 0.419 e. The summed E-state index contributed by atoms with van der Waals surface area (Å²) >= 11 is 0. The molecule has 0 saturated heterocycles. The summed E-state index contributed by atoms with van der Waals surface area (Å²) in [6.45, 7) is 0.350. The third kappa shape index (κ3) is 4.79. The molecule has 28 heavy (non-hydrogen) atoms. The molecule has 1 aromatic heterocycles. The molecule has 2 aromatic carbocycles. The zero-order chi connectivity index (χ0) is 19.9. The van der Waals surface area contributed by atoms with Crippen molar-refractivity contribution in [1.29, 1.82) is 0 Å². The van der Waals surface area contributed by atoms with Gasteiger partial charge in [0, 0.05) is 13.0 Å². The van der Waals surface area contributed by atoms with E-state index in [2.05, 4.69) is 10.9 Å². The minimum atomic E-state index is -0.450. The van der Waals surface area contributed by atoms with Gasteiger partial charge in [-0.2, -0.15) is 0 Å². The van der Waals surface area contributed by atoms with E-state index < -0.39 is 5.76 Å². The fourth-order valence-electron chi connectivity index (χ4n) is 2.80. The number of hydrazine groups is 1. The average Bonchev–Trinajstić information content (AvgIpc) is 3.02. The SMILES string of the molecule is COc1ccc(CC(=O)NNC(=O)CCCn2c(=O)oc3ccccc32)cc1. The maximum atomic E-state index is 11.9. The number of rotatable bonds is 7. The molecule has 0 aliphatic heterocycles. The van der Waals surface area contributed by atoms with E-state index in [9.17, 15) is 14.4 Å². The monoisotopic (exact) mass is 383 g/mol. The Bertz CT molecular complexity index is 1020. The second-order valence-electron chi connectivity index (χ2n) is 6.21. The van der Waals surface area contributed by atoms with E-state index in [0.717, 1.165) is 5.56 Å². The van der Waals surface area contributed by atoms with Crippen LogP contribution in [-0.2, 0) is 22.6 Å². The number of hydrogen-bond acceptors (Lipinski definition) is 5. The summed E-state index contributed by atoms with van der Waals surface area (Å²) < 4.78 is 11.7. The zero-order valence-corrected chi connectivity index (χ0v) is 15.4. The van der Waals surface area contributed by atoms with Crippen LogP contribution in [-0.4, -0.2) is 23.5 Å². The van der Waals surface area contributed by atoms with Crippen molar-refractivity contribution < 1.29 is 18.7 Å². The van der Waals surface area contributed by atoms with Crippen molar-refractivity contribution in [3.05, 3.63) is 64.6 Å². The largest absolute Gasteiger partial charge is 0.497 e. The average molecular weight is 383 g/mol. The summed E-state index contributed by atoms with van der Waals surface area (Å²) in [5.41, 5.74) is 6.79. The van der Waals surface area contributed by atoms with Crippen LogP contribution in [0, 0.1) is 0 Å². The van der Waals surface area contributed by atoms with Gasteiger partial charge in [0.1, 0.15) is 5.75 Å². The van der Waals surface area contributed by atoms with E-state index in [0.29, 0.717) is 29.8 Å². The highest BCUT2D eigenvalue weighted by molar-refractivity contribution is 5.83. The fraction of sp³-hybridized carbons (Fsp3) is 0.250. The molecule has 1 heterocycles. The lowest BCUT2D eigenvalue weighted by atomic mass is 10.1. The van der Waals surface area contributed by atoms with Gasteiger partial charge in [-0.15, -0.1) is 0 Å². The smallest absolute Gasteiger partial charge is 0.419 e. The van der Waals surface area contributed by atoms with Gasteiger partial charge in [-0.05, 0) is 36.2 Å². The van der Waals surface area contributed by atoms with E-state index in [1.165, 1.54) is 4.57 Å². The number of benzene rings is 2. The molecule has 0 spiro atoms. The Morgan fingerprint density at radius 1 is 1.04 bits per heavy atom. The van der Waals surface area contributed by atoms with Crippen LogP contribution in [0.15, 0.2) is 57.7 Å². The van der Waals surface area contributed by atoms with Crippen molar-refractivity contribution >= 4 is 22.9 Å². The Labute approximate surface area is 161 Å². The van der Waals surface area contributed by atoms with E-state index >= 15 is 0 Å². The van der Waals surface area contributed by atoms with Gasteiger partial charge in [0.05, 0.1) is 19.0 Å². The first-order valence-electron chi connectivity index (χ1n) is 8.86. The molecule has 0 bridgehead atoms. The highest BCUT2D eigenvalue weighted by atomic mass is 16.5. The Morgan fingerprint density at radius 2 is 1.75 bits per heavy atom. The van der Waals surface area contributed by atoms with Crippen molar-refractivity contribution in [2.45, 2.75) is 25.8 Å². The lowest BCUT2D eigenvalue weighted by Crippen LogP contribution is -2.42. The summed E-state index contributed by atoms with van der Waals surface area (Å²) in [5, 5.41) is 0. The molecule has 0 aliphatic rings. The van der Waals surface area contributed by atoms with Gasteiger partial charge >= 0.3 is 5.76 Å². The molecule has 2 amide bonds. The molecule has 0 saturated carbocycles. The van der Waals surface area contributed by atoms with E-state index in [1.54, 1.807) is 49.6 Å². The van der Waals surface area contributed by atoms with E-state index in [-0.39, 0.29) is 24.7 Å². The molecule has 2 N–H and O–H groups in total. The molecule has 0 radical (unpaired) electrons. The Hall–Kier alpha value is -3.55. The quantitative estimate of drug-likeness (QED) is 0.606. The number of oxazole rings is 1. The summed E-state index contributed by atoms with van der Waals surface area (Å²) in [4.78, 5) is 35.7. The van der Waals surface area contributed by atoms with Crippen LogP contribution < -0.4 is 21.3 Å². The van der Waals surface area contributed by atoms with E-state index in [1.807, 2.05) is 6.07 Å². The molecule has 146 valence electrons. The Balaban J connectivity index is 1.42. The highest BCUT2D eigenvalue weighted by Crippen LogP contribution is 2.13. The summed E-state index contributed by atoms with van der Waals surface area (Å²) in [6.07, 6.45) is 0.735. The molecule has 8 heteroatoms. The number of amides is 2. The number of nitrogens with zero attached hydrogens (tertiary/aromatic N) is 1. The number of methoxy groups -OCH3 is 1. The lowest BCUT2D eigenvalue weighted by molar-refractivity contribution is -0.128. The second-order valence-corrected chi connectivity index (χ2v) is 6.21. The number of ether oxygens (including phenoxy) is 1. The van der Waals surface area contributed by atoms with Crippen molar-refractivity contribution in [2.24, 2.45) is 0 Å². The van der Waals surface area contributed by atoms with Gasteiger partial charge in [-0.1, -0.05) is 24.3 Å². The number of hydrogen-bond donors (Lipinski definition) is 2. The number of fused-ring (bicyclic) bond motifs is 1. The first kappa shape index (κ1) is 19.2.